The number of fused-ring (bicyclic) bond motifs is 1. The molecule has 6 nitrogen and oxygen atoms in total. The van der Waals surface area contributed by atoms with Crippen LogP contribution in [0, 0.1) is 11.3 Å². The van der Waals surface area contributed by atoms with Gasteiger partial charge in [-0.1, -0.05) is 34.1 Å². The molecular formula is C22H30O6. The predicted octanol–water partition coefficient (Wildman–Crippen LogP) is 3.89. The molecule has 154 valence electrons. The number of hydrogen-bond donors (Lipinski definition) is 2. The fourth-order valence-electron chi connectivity index (χ4n) is 6.35. The Bertz CT molecular complexity index is 844. The Morgan fingerprint density at radius 1 is 1.18 bits per heavy atom. The molecule has 1 heterocycles. The molecule has 28 heavy (non-hydrogen) atoms. The maximum Gasteiger partial charge on any atom is 0.319 e. The molecule has 2 fully saturated rings. The van der Waals surface area contributed by atoms with Gasteiger partial charge in [0.05, 0.1) is 5.92 Å². The third-order valence-corrected chi connectivity index (χ3v) is 7.29. The van der Waals surface area contributed by atoms with Crippen molar-refractivity contribution < 1.29 is 29.2 Å². The van der Waals surface area contributed by atoms with Gasteiger partial charge in [0.1, 0.15) is 11.5 Å². The molecule has 2 N–H and O–H groups in total. The molecule has 6 heteroatoms. The molecule has 2 bridgehead atoms. The molecule has 3 aliphatic rings. The van der Waals surface area contributed by atoms with Gasteiger partial charge in [0.25, 0.3) is 0 Å². The van der Waals surface area contributed by atoms with Crippen LogP contribution in [0.4, 0.5) is 0 Å². The van der Waals surface area contributed by atoms with Crippen molar-refractivity contribution >= 4 is 5.97 Å². The van der Waals surface area contributed by atoms with Gasteiger partial charge in [0.15, 0.2) is 11.5 Å². The van der Waals surface area contributed by atoms with Gasteiger partial charge in [0, 0.05) is 25.3 Å². The van der Waals surface area contributed by atoms with Crippen molar-refractivity contribution in [3.05, 3.63) is 22.8 Å². The lowest BCUT2D eigenvalue weighted by atomic mass is 9.48. The highest BCUT2D eigenvalue weighted by atomic mass is 16.7. The molecule has 1 saturated heterocycles. The second-order valence-electron chi connectivity index (χ2n) is 9.46. The second kappa shape index (κ2) is 5.86. The number of carbonyl (C=O) groups is 1. The van der Waals surface area contributed by atoms with Crippen molar-refractivity contribution in [1.82, 2.24) is 0 Å². The molecule has 1 aromatic rings. The van der Waals surface area contributed by atoms with Gasteiger partial charge < -0.3 is 24.4 Å². The summed E-state index contributed by atoms with van der Waals surface area (Å²) < 4.78 is 17.8. The van der Waals surface area contributed by atoms with Crippen LogP contribution in [-0.4, -0.2) is 36.2 Å². The molecule has 0 radical (unpaired) electrons. The summed E-state index contributed by atoms with van der Waals surface area (Å²) in [6.45, 7) is 8.11. The van der Waals surface area contributed by atoms with Gasteiger partial charge in [0.2, 0.25) is 5.79 Å². The fraction of sp³-hybridized carbons (Fsp3) is 0.682. The summed E-state index contributed by atoms with van der Waals surface area (Å²) >= 11 is 0. The highest BCUT2D eigenvalue weighted by molar-refractivity contribution is 5.90. The summed E-state index contributed by atoms with van der Waals surface area (Å²) in [6.07, 6.45) is 1.58. The molecule has 0 aromatic heterocycles. The third-order valence-electron chi connectivity index (χ3n) is 7.29. The van der Waals surface area contributed by atoms with Crippen LogP contribution in [0.2, 0.25) is 0 Å². The smallest absolute Gasteiger partial charge is 0.319 e. The summed E-state index contributed by atoms with van der Waals surface area (Å²) in [4.78, 5) is 13.4. The number of ether oxygens (including phenoxy) is 3. The van der Waals surface area contributed by atoms with E-state index in [0.717, 1.165) is 12.8 Å². The van der Waals surface area contributed by atoms with E-state index in [-0.39, 0.29) is 28.7 Å². The van der Waals surface area contributed by atoms with Crippen molar-refractivity contribution in [1.29, 1.82) is 0 Å². The van der Waals surface area contributed by atoms with Gasteiger partial charge in [-0.05, 0) is 35.8 Å². The Kier molecular flexibility index (Phi) is 4.09. The van der Waals surface area contributed by atoms with Crippen molar-refractivity contribution in [2.24, 2.45) is 11.3 Å². The van der Waals surface area contributed by atoms with E-state index in [0.29, 0.717) is 23.1 Å². The number of hydrogen-bond acceptors (Lipinski definition) is 6. The highest BCUT2D eigenvalue weighted by Crippen LogP contribution is 2.71. The number of phenols is 2. The van der Waals surface area contributed by atoms with Crippen LogP contribution in [0.15, 0.2) is 6.07 Å². The number of carbonyl (C=O) groups excluding carboxylic acids is 1. The zero-order valence-electron chi connectivity index (χ0n) is 17.5. The van der Waals surface area contributed by atoms with Crippen LogP contribution in [0.1, 0.15) is 75.7 Å². The van der Waals surface area contributed by atoms with Crippen LogP contribution in [0.25, 0.3) is 0 Å². The van der Waals surface area contributed by atoms with Crippen molar-refractivity contribution in [2.45, 2.75) is 70.2 Å². The third kappa shape index (κ3) is 2.03. The molecule has 4 atom stereocenters. The Balaban J connectivity index is 2.14. The fourth-order valence-corrected chi connectivity index (χ4v) is 6.35. The number of benzene rings is 1. The number of methoxy groups -OCH3 is 2. The van der Waals surface area contributed by atoms with Crippen LogP contribution >= 0.6 is 0 Å². The zero-order chi connectivity index (χ0) is 20.6. The van der Waals surface area contributed by atoms with Crippen LogP contribution in [0.5, 0.6) is 11.5 Å². The number of aromatic hydroxyl groups is 2. The monoisotopic (exact) mass is 390 g/mol. The molecule has 4 unspecified atom stereocenters. The Morgan fingerprint density at radius 2 is 1.86 bits per heavy atom. The molecular weight excluding hydrogens is 360 g/mol. The lowest BCUT2D eigenvalue weighted by Crippen LogP contribution is -2.60. The maximum atomic E-state index is 13.4. The SMILES string of the molecule is COC1c2cc(C(C)C)c(O)c(O)c2C23CCCC(C)(C)C2C1(OC)OC3=O. The zero-order valence-corrected chi connectivity index (χ0v) is 17.5. The average Bonchev–Trinajstić information content (AvgIpc) is 2.85. The molecule has 0 spiro atoms. The molecule has 2 aliphatic carbocycles. The van der Waals surface area contributed by atoms with Crippen molar-refractivity contribution in [3.8, 4) is 11.5 Å². The Hall–Kier alpha value is -1.79. The minimum Gasteiger partial charge on any atom is -0.504 e. The van der Waals surface area contributed by atoms with Gasteiger partial charge in [-0.2, -0.15) is 0 Å². The quantitative estimate of drug-likeness (QED) is 0.602. The highest BCUT2D eigenvalue weighted by Gasteiger charge is 2.77. The van der Waals surface area contributed by atoms with E-state index in [9.17, 15) is 15.0 Å². The minimum absolute atomic E-state index is 0.0144. The topological polar surface area (TPSA) is 85.2 Å². The minimum atomic E-state index is -1.26. The largest absolute Gasteiger partial charge is 0.504 e. The standard InChI is InChI=1S/C22H30O6/c1-11(2)12-10-13-14(16(24)15(12)23)21-9-7-8-20(3,4)18(21)22(27-6,17(13)26-5)28-19(21)25/h10-11,17-18,23-24H,7-9H2,1-6H3. The van der Waals surface area contributed by atoms with Gasteiger partial charge in [-0.25, -0.2) is 0 Å². The van der Waals surface area contributed by atoms with Gasteiger partial charge >= 0.3 is 5.97 Å². The average molecular weight is 390 g/mol. The predicted molar refractivity (Wildman–Crippen MR) is 102 cm³/mol. The van der Waals surface area contributed by atoms with Crippen LogP contribution in [-0.2, 0) is 24.4 Å². The molecule has 1 saturated carbocycles. The maximum absolute atomic E-state index is 13.4. The van der Waals surface area contributed by atoms with E-state index in [1.165, 1.54) is 0 Å². The normalized spacial score (nSPS) is 35.5. The number of rotatable bonds is 3. The number of phenolic OH excluding ortho intramolecular Hbond substituents is 2. The first-order valence-corrected chi connectivity index (χ1v) is 9.99. The summed E-state index contributed by atoms with van der Waals surface area (Å²) in [5.41, 5.74) is 0.394. The van der Waals surface area contributed by atoms with Gasteiger partial charge in [-0.3, -0.25) is 4.79 Å². The summed E-state index contributed by atoms with van der Waals surface area (Å²) in [5.74, 6) is -2.41. The van der Waals surface area contributed by atoms with Crippen molar-refractivity contribution in [3.63, 3.8) is 0 Å². The number of esters is 1. The Morgan fingerprint density at radius 3 is 2.43 bits per heavy atom. The summed E-state index contributed by atoms with van der Waals surface area (Å²) in [6, 6.07) is 1.85. The first-order valence-electron chi connectivity index (χ1n) is 9.99. The molecule has 4 rings (SSSR count). The van der Waals surface area contributed by atoms with Gasteiger partial charge in [-0.15, -0.1) is 0 Å². The molecule has 1 aliphatic heterocycles. The van der Waals surface area contributed by atoms with Crippen molar-refractivity contribution in [2.75, 3.05) is 14.2 Å². The van der Waals surface area contributed by atoms with E-state index >= 15 is 0 Å². The first-order chi connectivity index (χ1) is 13.1. The van der Waals surface area contributed by atoms with E-state index in [1.807, 2.05) is 19.9 Å². The van der Waals surface area contributed by atoms with E-state index < -0.39 is 23.3 Å². The van der Waals surface area contributed by atoms with E-state index in [2.05, 4.69) is 13.8 Å². The second-order valence-corrected chi connectivity index (χ2v) is 9.46. The lowest BCUT2D eigenvalue weighted by Gasteiger charge is -2.55. The summed E-state index contributed by atoms with van der Waals surface area (Å²) in [5, 5.41) is 21.9. The summed E-state index contributed by atoms with van der Waals surface area (Å²) in [7, 11) is 3.11. The molecule has 1 aromatic carbocycles. The van der Waals surface area contributed by atoms with Crippen LogP contribution < -0.4 is 0 Å². The van der Waals surface area contributed by atoms with Crippen LogP contribution in [0.3, 0.4) is 0 Å². The van der Waals surface area contributed by atoms with E-state index in [4.69, 9.17) is 14.2 Å². The first kappa shape index (κ1) is 19.5. The Labute approximate surface area is 165 Å². The lowest BCUT2D eigenvalue weighted by molar-refractivity contribution is -0.289. The van der Waals surface area contributed by atoms with E-state index in [1.54, 1.807) is 14.2 Å². The molecule has 0 amide bonds.